The molecule has 2 heterocycles. The van der Waals surface area contributed by atoms with Crippen LogP contribution in [0.25, 0.3) is 0 Å². The largest absolute Gasteiger partial charge is 0.317 e. The summed E-state index contributed by atoms with van der Waals surface area (Å²) < 4.78 is 26.6. The SMILES string of the molecule is Cc1csc(CCNS(=O)(=O)CC2CCNCC2)n1. The zero-order valence-corrected chi connectivity index (χ0v) is 12.8. The third-order valence-corrected chi connectivity index (χ3v) is 5.82. The highest BCUT2D eigenvalue weighted by Crippen LogP contribution is 2.14. The summed E-state index contributed by atoms with van der Waals surface area (Å²) in [4.78, 5) is 4.32. The van der Waals surface area contributed by atoms with Crippen LogP contribution in [-0.2, 0) is 16.4 Å². The first-order valence-electron chi connectivity index (χ1n) is 6.64. The van der Waals surface area contributed by atoms with Crippen LogP contribution in [0.15, 0.2) is 5.38 Å². The maximum Gasteiger partial charge on any atom is 0.211 e. The van der Waals surface area contributed by atoms with E-state index in [4.69, 9.17) is 0 Å². The van der Waals surface area contributed by atoms with Crippen LogP contribution in [0.5, 0.6) is 0 Å². The molecule has 2 N–H and O–H groups in total. The molecule has 0 aromatic carbocycles. The van der Waals surface area contributed by atoms with E-state index >= 15 is 0 Å². The van der Waals surface area contributed by atoms with Crippen LogP contribution in [0.1, 0.15) is 23.5 Å². The molecule has 0 aliphatic carbocycles. The molecule has 1 aromatic rings. The molecule has 5 nitrogen and oxygen atoms in total. The average molecular weight is 303 g/mol. The molecule has 1 saturated heterocycles. The number of nitrogens with zero attached hydrogens (tertiary/aromatic N) is 1. The van der Waals surface area contributed by atoms with Crippen molar-refractivity contribution in [1.29, 1.82) is 0 Å². The number of thiazole rings is 1. The fourth-order valence-electron chi connectivity index (χ4n) is 2.25. The number of aryl methyl sites for hydroxylation is 1. The molecule has 108 valence electrons. The summed E-state index contributed by atoms with van der Waals surface area (Å²) in [5.74, 6) is 0.548. The number of hydrogen-bond donors (Lipinski definition) is 2. The molecule has 0 atom stereocenters. The monoisotopic (exact) mass is 303 g/mol. The van der Waals surface area contributed by atoms with Crippen molar-refractivity contribution in [3.05, 3.63) is 16.1 Å². The third-order valence-electron chi connectivity index (χ3n) is 3.24. The Hall–Kier alpha value is -0.500. The van der Waals surface area contributed by atoms with Gasteiger partial charge in [-0.15, -0.1) is 11.3 Å². The Morgan fingerprint density at radius 1 is 1.47 bits per heavy atom. The van der Waals surface area contributed by atoms with Crippen molar-refractivity contribution >= 4 is 21.4 Å². The molecule has 7 heteroatoms. The molecule has 19 heavy (non-hydrogen) atoms. The number of aromatic nitrogens is 1. The van der Waals surface area contributed by atoms with Crippen molar-refractivity contribution in [2.45, 2.75) is 26.2 Å². The van der Waals surface area contributed by atoms with Crippen LogP contribution in [0.4, 0.5) is 0 Å². The van der Waals surface area contributed by atoms with Gasteiger partial charge in [-0.3, -0.25) is 0 Å². The second-order valence-electron chi connectivity index (χ2n) is 5.00. The van der Waals surface area contributed by atoms with Gasteiger partial charge >= 0.3 is 0 Å². The van der Waals surface area contributed by atoms with E-state index in [9.17, 15) is 8.42 Å². The number of rotatable bonds is 6. The van der Waals surface area contributed by atoms with Crippen LogP contribution in [0, 0.1) is 12.8 Å². The second kappa shape index (κ2) is 6.78. The Kier molecular flexibility index (Phi) is 5.32. The molecule has 0 amide bonds. The summed E-state index contributed by atoms with van der Waals surface area (Å²) in [5, 5.41) is 6.22. The summed E-state index contributed by atoms with van der Waals surface area (Å²) in [6.07, 6.45) is 2.57. The van der Waals surface area contributed by atoms with Crippen LogP contribution in [0.2, 0.25) is 0 Å². The van der Waals surface area contributed by atoms with Gasteiger partial charge in [-0.25, -0.2) is 18.1 Å². The molecule has 0 bridgehead atoms. The summed E-state index contributed by atoms with van der Waals surface area (Å²) in [7, 11) is -3.15. The van der Waals surface area contributed by atoms with Gasteiger partial charge in [-0.1, -0.05) is 0 Å². The van der Waals surface area contributed by atoms with Crippen LogP contribution >= 0.6 is 11.3 Å². The summed E-state index contributed by atoms with van der Waals surface area (Å²) in [5.41, 5.74) is 0.998. The first kappa shape index (κ1) is 14.9. The van der Waals surface area contributed by atoms with E-state index in [1.54, 1.807) is 11.3 Å². The normalized spacial score (nSPS) is 17.7. The minimum atomic E-state index is -3.15. The molecule has 1 aliphatic heterocycles. The van der Waals surface area contributed by atoms with Gasteiger partial charge in [-0.2, -0.15) is 0 Å². The highest BCUT2D eigenvalue weighted by atomic mass is 32.2. The zero-order valence-electron chi connectivity index (χ0n) is 11.2. The third kappa shape index (κ3) is 5.18. The maximum atomic E-state index is 11.9. The van der Waals surface area contributed by atoms with Gasteiger partial charge in [0, 0.05) is 24.0 Å². The number of sulfonamides is 1. The van der Waals surface area contributed by atoms with Gasteiger partial charge in [0.2, 0.25) is 10.0 Å². The van der Waals surface area contributed by atoms with Gasteiger partial charge in [-0.05, 0) is 38.8 Å². The molecule has 0 radical (unpaired) electrons. The van der Waals surface area contributed by atoms with Gasteiger partial charge in [0.05, 0.1) is 10.8 Å². The lowest BCUT2D eigenvalue weighted by atomic mass is 10.0. The molecule has 2 rings (SSSR count). The van der Waals surface area contributed by atoms with E-state index in [-0.39, 0.29) is 5.75 Å². The van der Waals surface area contributed by atoms with Crippen LogP contribution in [-0.4, -0.2) is 38.8 Å². The quantitative estimate of drug-likeness (QED) is 0.819. The summed E-state index contributed by atoms with van der Waals surface area (Å²) >= 11 is 1.58. The molecule has 0 spiro atoms. The smallest absolute Gasteiger partial charge is 0.211 e. The van der Waals surface area contributed by atoms with E-state index in [1.165, 1.54) is 0 Å². The molecular weight excluding hydrogens is 282 g/mol. The number of hydrogen-bond acceptors (Lipinski definition) is 5. The first-order chi connectivity index (χ1) is 9.05. The van der Waals surface area contributed by atoms with E-state index in [0.29, 0.717) is 18.9 Å². The highest BCUT2D eigenvalue weighted by Gasteiger charge is 2.20. The zero-order chi connectivity index (χ0) is 13.7. The van der Waals surface area contributed by atoms with Crippen molar-refractivity contribution in [2.24, 2.45) is 5.92 Å². The van der Waals surface area contributed by atoms with E-state index in [0.717, 1.165) is 36.6 Å². The number of piperidine rings is 1. The fraction of sp³-hybridized carbons (Fsp3) is 0.750. The Labute approximate surface area is 118 Å². The predicted octanol–water partition coefficient (Wildman–Crippen LogP) is 0.913. The lowest BCUT2D eigenvalue weighted by Gasteiger charge is -2.22. The van der Waals surface area contributed by atoms with Gasteiger partial charge in [0.15, 0.2) is 0 Å². The number of nitrogens with one attached hydrogen (secondary N) is 2. The Morgan fingerprint density at radius 2 is 2.21 bits per heavy atom. The minimum absolute atomic E-state index is 0.256. The Morgan fingerprint density at radius 3 is 2.84 bits per heavy atom. The van der Waals surface area contributed by atoms with Crippen molar-refractivity contribution in [1.82, 2.24) is 15.0 Å². The van der Waals surface area contributed by atoms with E-state index in [1.807, 2.05) is 12.3 Å². The van der Waals surface area contributed by atoms with Crippen LogP contribution in [0.3, 0.4) is 0 Å². The van der Waals surface area contributed by atoms with E-state index in [2.05, 4.69) is 15.0 Å². The van der Waals surface area contributed by atoms with Gasteiger partial charge < -0.3 is 5.32 Å². The molecular formula is C12H21N3O2S2. The van der Waals surface area contributed by atoms with E-state index < -0.39 is 10.0 Å². The topological polar surface area (TPSA) is 71.1 Å². The van der Waals surface area contributed by atoms with Gasteiger partial charge in [0.25, 0.3) is 0 Å². The minimum Gasteiger partial charge on any atom is -0.317 e. The lowest BCUT2D eigenvalue weighted by molar-refractivity contribution is 0.400. The fourth-order valence-corrected chi connectivity index (χ4v) is 4.51. The molecule has 1 aliphatic rings. The molecule has 1 fully saturated rings. The van der Waals surface area contributed by atoms with Crippen LogP contribution < -0.4 is 10.0 Å². The van der Waals surface area contributed by atoms with Gasteiger partial charge in [0.1, 0.15) is 0 Å². The molecule has 0 unspecified atom stereocenters. The Bertz CT molecular complexity index is 493. The molecule has 1 aromatic heterocycles. The second-order valence-corrected chi connectivity index (χ2v) is 7.80. The maximum absolute atomic E-state index is 11.9. The van der Waals surface area contributed by atoms with Crippen molar-refractivity contribution in [3.8, 4) is 0 Å². The van der Waals surface area contributed by atoms with Crippen molar-refractivity contribution in [3.63, 3.8) is 0 Å². The standard InChI is InChI=1S/C12H21N3O2S2/c1-10-8-18-12(15-10)4-7-14-19(16,17)9-11-2-5-13-6-3-11/h8,11,13-14H,2-7,9H2,1H3. The molecule has 0 saturated carbocycles. The summed E-state index contributed by atoms with van der Waals surface area (Å²) in [6, 6.07) is 0. The van der Waals surface area contributed by atoms with Crippen molar-refractivity contribution in [2.75, 3.05) is 25.4 Å². The van der Waals surface area contributed by atoms with Crippen molar-refractivity contribution < 1.29 is 8.42 Å². The summed E-state index contributed by atoms with van der Waals surface area (Å²) in [6.45, 7) is 4.25. The Balaban J connectivity index is 1.74. The average Bonchev–Trinajstić information content (AvgIpc) is 2.75. The predicted molar refractivity (Wildman–Crippen MR) is 77.9 cm³/mol. The lowest BCUT2D eigenvalue weighted by Crippen LogP contribution is -2.36. The highest BCUT2D eigenvalue weighted by molar-refractivity contribution is 7.89. The first-order valence-corrected chi connectivity index (χ1v) is 9.17.